The zero-order valence-electron chi connectivity index (χ0n) is 28.7. The predicted molar refractivity (Wildman–Crippen MR) is 189 cm³/mol. The number of hydrogen-bond donors (Lipinski definition) is 4. The van der Waals surface area contributed by atoms with Gasteiger partial charge in [0.25, 0.3) is 0 Å². The summed E-state index contributed by atoms with van der Waals surface area (Å²) in [5.41, 5.74) is 2.75. The molecule has 4 N–H and O–H groups in total. The standard InChI is InChI=1S/2C13H16O2.2C7H8O.Ti/c2*1-13(2,3)12(15)9-11(14)10-7-5-4-6-8-10;2*1-6-2-4-7(8)5-3-6;/h2*4-9,14H,1-3H3;2*2-5,8H,1H3;/b2*11-9-;;;. The second-order valence-electron chi connectivity index (χ2n) is 12.7. The van der Waals surface area contributed by atoms with Crippen molar-refractivity contribution in [2.24, 2.45) is 10.8 Å². The van der Waals surface area contributed by atoms with Crippen molar-refractivity contribution in [1.29, 1.82) is 0 Å². The Bertz CT molecular complexity index is 1380. The van der Waals surface area contributed by atoms with Crippen LogP contribution in [-0.4, -0.2) is 32.0 Å². The molecule has 0 heterocycles. The van der Waals surface area contributed by atoms with Crippen LogP contribution < -0.4 is 0 Å². The molecule has 0 aliphatic carbocycles. The van der Waals surface area contributed by atoms with E-state index in [9.17, 15) is 19.8 Å². The van der Waals surface area contributed by atoms with E-state index < -0.39 is 10.8 Å². The monoisotopic (exact) mass is 672 g/mol. The molecular formula is C40H48O6Ti. The quantitative estimate of drug-likeness (QED) is 0.0975. The van der Waals surface area contributed by atoms with Gasteiger partial charge in [-0.05, 0) is 38.1 Å². The summed E-state index contributed by atoms with van der Waals surface area (Å²) in [5.74, 6) is 0.546. The molecule has 0 fully saturated rings. The summed E-state index contributed by atoms with van der Waals surface area (Å²) in [6.07, 6.45) is 2.57. The molecule has 0 atom stereocenters. The summed E-state index contributed by atoms with van der Waals surface area (Å²) in [7, 11) is 0. The van der Waals surface area contributed by atoms with Crippen LogP contribution in [0.2, 0.25) is 0 Å². The first kappa shape index (κ1) is 42.6. The van der Waals surface area contributed by atoms with Gasteiger partial charge in [0.05, 0.1) is 0 Å². The molecule has 0 amide bonds. The van der Waals surface area contributed by atoms with Crippen LogP contribution >= 0.6 is 0 Å². The van der Waals surface area contributed by atoms with Crippen molar-refractivity contribution in [3.05, 3.63) is 144 Å². The normalized spacial score (nSPS) is 11.1. The number of phenolic OH excluding ortho intramolecular Hbond substituents is 2. The molecule has 0 unspecified atom stereocenters. The van der Waals surface area contributed by atoms with E-state index in [0.29, 0.717) is 22.6 Å². The fraction of sp³-hybridized carbons (Fsp3) is 0.250. The third kappa shape index (κ3) is 18.4. The fourth-order valence-electron chi connectivity index (χ4n) is 3.16. The van der Waals surface area contributed by atoms with E-state index in [-0.39, 0.29) is 44.8 Å². The Morgan fingerprint density at radius 1 is 0.489 bits per heavy atom. The number of hydrogen-bond acceptors (Lipinski definition) is 6. The van der Waals surface area contributed by atoms with E-state index in [1.165, 1.54) is 23.3 Å². The molecule has 47 heavy (non-hydrogen) atoms. The Balaban J connectivity index is 0.000000620. The summed E-state index contributed by atoms with van der Waals surface area (Å²) >= 11 is 0. The van der Waals surface area contributed by atoms with Crippen LogP contribution in [-0.2, 0) is 31.3 Å². The van der Waals surface area contributed by atoms with Crippen molar-refractivity contribution in [3.63, 3.8) is 0 Å². The van der Waals surface area contributed by atoms with Gasteiger partial charge in [-0.2, -0.15) is 0 Å². The molecule has 0 spiro atoms. The van der Waals surface area contributed by atoms with E-state index in [1.54, 1.807) is 48.5 Å². The van der Waals surface area contributed by atoms with Crippen LogP contribution in [0.25, 0.3) is 11.5 Å². The number of aryl methyl sites for hydroxylation is 2. The molecule has 4 aromatic rings. The van der Waals surface area contributed by atoms with Crippen LogP contribution in [0.4, 0.5) is 0 Å². The molecule has 4 rings (SSSR count). The summed E-state index contributed by atoms with van der Waals surface area (Å²) < 4.78 is 0. The predicted octanol–water partition coefficient (Wildman–Crippen LogP) is 9.80. The van der Waals surface area contributed by atoms with Crippen LogP contribution in [0.5, 0.6) is 11.5 Å². The number of allylic oxidation sites excluding steroid dienone is 2. The van der Waals surface area contributed by atoms with Gasteiger partial charge in [-0.1, -0.05) is 138 Å². The van der Waals surface area contributed by atoms with E-state index in [2.05, 4.69) is 0 Å². The zero-order valence-corrected chi connectivity index (χ0v) is 30.2. The first-order valence-corrected chi connectivity index (χ1v) is 14.9. The summed E-state index contributed by atoms with van der Waals surface area (Å²) in [6, 6.07) is 32.3. The van der Waals surface area contributed by atoms with Gasteiger partial charge in [0.1, 0.15) is 23.0 Å². The Hall–Kier alpha value is -4.39. The number of aliphatic hydroxyl groups is 2. The van der Waals surface area contributed by atoms with Crippen LogP contribution in [0.1, 0.15) is 63.8 Å². The fourth-order valence-corrected chi connectivity index (χ4v) is 3.16. The van der Waals surface area contributed by atoms with Crippen LogP contribution in [0, 0.1) is 24.7 Å². The minimum absolute atomic E-state index is 0. The van der Waals surface area contributed by atoms with Crippen molar-refractivity contribution in [3.8, 4) is 11.5 Å². The Kier molecular flexibility index (Phi) is 18.7. The van der Waals surface area contributed by atoms with Gasteiger partial charge in [0, 0.05) is 55.8 Å². The first-order valence-electron chi connectivity index (χ1n) is 14.9. The molecule has 0 radical (unpaired) electrons. The molecule has 248 valence electrons. The van der Waals surface area contributed by atoms with Crippen LogP contribution in [0.3, 0.4) is 0 Å². The number of phenols is 2. The van der Waals surface area contributed by atoms with E-state index in [4.69, 9.17) is 10.2 Å². The number of carbonyl (C=O) groups is 2. The summed E-state index contributed by atoms with van der Waals surface area (Å²) in [4.78, 5) is 23.2. The maximum atomic E-state index is 11.6. The minimum Gasteiger partial charge on any atom is -0.508 e. The van der Waals surface area contributed by atoms with Gasteiger partial charge in [-0.15, -0.1) is 0 Å². The second-order valence-corrected chi connectivity index (χ2v) is 12.7. The Morgan fingerprint density at radius 2 is 0.745 bits per heavy atom. The van der Waals surface area contributed by atoms with Gasteiger partial charge in [-0.25, -0.2) is 0 Å². The van der Waals surface area contributed by atoms with Gasteiger partial charge >= 0.3 is 0 Å². The molecule has 0 bridgehead atoms. The first-order chi connectivity index (χ1) is 21.4. The molecule has 6 nitrogen and oxygen atoms in total. The van der Waals surface area contributed by atoms with Crippen LogP contribution in [0.15, 0.2) is 121 Å². The molecule has 0 saturated carbocycles. The van der Waals surface area contributed by atoms with E-state index in [0.717, 1.165) is 0 Å². The number of benzene rings is 4. The van der Waals surface area contributed by atoms with Crippen molar-refractivity contribution < 1.29 is 51.7 Å². The number of carbonyl (C=O) groups excluding carboxylic acids is 2. The maximum absolute atomic E-state index is 11.6. The molecular weight excluding hydrogens is 624 g/mol. The molecule has 0 aliphatic heterocycles. The molecule has 0 saturated heterocycles. The number of aromatic hydroxyl groups is 2. The largest absolute Gasteiger partial charge is 0.508 e. The second kappa shape index (κ2) is 20.7. The molecule has 4 aromatic carbocycles. The number of rotatable bonds is 4. The molecule has 0 aliphatic rings. The Labute approximate surface area is 295 Å². The Morgan fingerprint density at radius 3 is 0.957 bits per heavy atom. The number of aliphatic hydroxyl groups excluding tert-OH is 2. The van der Waals surface area contributed by atoms with Gasteiger partial charge in [-0.3, -0.25) is 9.59 Å². The van der Waals surface area contributed by atoms with Gasteiger partial charge in [0.15, 0.2) is 11.6 Å². The van der Waals surface area contributed by atoms with Crippen molar-refractivity contribution >= 4 is 23.1 Å². The molecule has 7 heteroatoms. The van der Waals surface area contributed by atoms with E-state index >= 15 is 0 Å². The SMILES string of the molecule is CC(C)(C)C(=O)/C=C(\O)c1ccccc1.CC(C)(C)C(=O)/C=C(\O)c1ccccc1.Cc1ccc(O)cc1.Cc1ccc(O)cc1.[Ti]. The zero-order chi connectivity index (χ0) is 34.9. The average Bonchev–Trinajstić information content (AvgIpc) is 3.01. The summed E-state index contributed by atoms with van der Waals surface area (Å²) in [5, 5.41) is 36.9. The smallest absolute Gasteiger partial charge is 0.164 e. The topological polar surface area (TPSA) is 115 Å². The number of ketones is 2. The molecule has 0 aromatic heterocycles. The summed E-state index contributed by atoms with van der Waals surface area (Å²) in [6.45, 7) is 14.9. The van der Waals surface area contributed by atoms with Crippen molar-refractivity contribution in [2.75, 3.05) is 0 Å². The van der Waals surface area contributed by atoms with Gasteiger partial charge < -0.3 is 20.4 Å². The maximum Gasteiger partial charge on any atom is 0.164 e. The minimum atomic E-state index is -0.456. The van der Waals surface area contributed by atoms with Crippen molar-refractivity contribution in [2.45, 2.75) is 55.4 Å². The average molecular weight is 673 g/mol. The van der Waals surface area contributed by atoms with Gasteiger partial charge in [0.2, 0.25) is 0 Å². The van der Waals surface area contributed by atoms with Crippen molar-refractivity contribution in [1.82, 2.24) is 0 Å². The third-order valence-corrected chi connectivity index (χ3v) is 6.22. The van der Waals surface area contributed by atoms with E-state index in [1.807, 2.05) is 116 Å². The third-order valence-electron chi connectivity index (χ3n) is 6.22.